The first-order chi connectivity index (χ1) is 11.0. The van der Waals surface area contributed by atoms with Crippen LogP contribution in [-0.2, 0) is 16.1 Å². The van der Waals surface area contributed by atoms with E-state index in [1.807, 2.05) is 0 Å². The van der Waals surface area contributed by atoms with Crippen molar-refractivity contribution in [1.29, 1.82) is 0 Å². The summed E-state index contributed by atoms with van der Waals surface area (Å²) in [6.07, 6.45) is 5.38. The van der Waals surface area contributed by atoms with Gasteiger partial charge in [0.2, 0.25) is 0 Å². The van der Waals surface area contributed by atoms with Crippen LogP contribution in [-0.4, -0.2) is 10.9 Å². The molecule has 0 heterocycles. The van der Waals surface area contributed by atoms with Crippen molar-refractivity contribution in [1.82, 2.24) is 0 Å². The molecular weight excluding hydrogens is 294 g/mol. The lowest BCUT2D eigenvalue weighted by Gasteiger charge is -2.33. The van der Waals surface area contributed by atoms with Crippen LogP contribution in [0.3, 0.4) is 0 Å². The summed E-state index contributed by atoms with van der Waals surface area (Å²) in [5, 5.41) is 10.6. The molecule has 126 valence electrons. The van der Waals surface area contributed by atoms with E-state index in [2.05, 4.69) is 13.8 Å². The fourth-order valence-corrected chi connectivity index (χ4v) is 3.41. The SMILES string of the molecule is CCC(C)C1CCCC[C@@H]1C(=O)OCc1ccc([N+](=O)[O-])cc1. The van der Waals surface area contributed by atoms with Gasteiger partial charge in [-0.05, 0) is 42.4 Å². The van der Waals surface area contributed by atoms with Gasteiger partial charge in [-0.15, -0.1) is 0 Å². The minimum absolute atomic E-state index is 0.00301. The van der Waals surface area contributed by atoms with E-state index in [0.29, 0.717) is 11.8 Å². The maximum absolute atomic E-state index is 12.4. The Labute approximate surface area is 137 Å². The second-order valence-electron chi connectivity index (χ2n) is 6.47. The number of carbonyl (C=O) groups is 1. The molecule has 0 radical (unpaired) electrons. The standard InChI is InChI=1S/C18H25NO4/c1-3-13(2)16-6-4-5-7-17(16)18(20)23-12-14-8-10-15(11-9-14)19(21)22/h8-11,13,16-17H,3-7,12H2,1-2H3/t13?,16?,17-/m0/s1. The van der Waals surface area contributed by atoms with Gasteiger partial charge >= 0.3 is 5.97 Å². The van der Waals surface area contributed by atoms with Crippen molar-refractivity contribution >= 4 is 11.7 Å². The second-order valence-corrected chi connectivity index (χ2v) is 6.47. The summed E-state index contributed by atoms with van der Waals surface area (Å²) in [4.78, 5) is 22.6. The molecule has 0 aliphatic heterocycles. The van der Waals surface area contributed by atoms with Crippen molar-refractivity contribution in [2.75, 3.05) is 0 Å². The molecule has 0 saturated heterocycles. The Kier molecular flexibility index (Phi) is 6.13. The first-order valence-corrected chi connectivity index (χ1v) is 8.43. The number of nitro groups is 1. The molecule has 5 nitrogen and oxygen atoms in total. The third kappa shape index (κ3) is 4.53. The number of esters is 1. The third-order valence-corrected chi connectivity index (χ3v) is 5.03. The molecule has 23 heavy (non-hydrogen) atoms. The third-order valence-electron chi connectivity index (χ3n) is 5.03. The summed E-state index contributed by atoms with van der Waals surface area (Å²) in [6, 6.07) is 6.15. The molecule has 1 aromatic carbocycles. The molecule has 0 N–H and O–H groups in total. The molecule has 0 bridgehead atoms. The monoisotopic (exact) mass is 319 g/mol. The Hall–Kier alpha value is -1.91. The summed E-state index contributed by atoms with van der Waals surface area (Å²) in [6.45, 7) is 4.56. The lowest BCUT2D eigenvalue weighted by atomic mass is 9.72. The maximum atomic E-state index is 12.4. The van der Waals surface area contributed by atoms with Gasteiger partial charge in [0.25, 0.3) is 5.69 Å². The molecule has 1 aromatic rings. The first kappa shape index (κ1) is 17.4. The molecule has 0 aromatic heterocycles. The minimum Gasteiger partial charge on any atom is -0.461 e. The van der Waals surface area contributed by atoms with Gasteiger partial charge in [-0.1, -0.05) is 33.1 Å². The van der Waals surface area contributed by atoms with Crippen LogP contribution in [0.15, 0.2) is 24.3 Å². The van der Waals surface area contributed by atoms with Crippen LogP contribution >= 0.6 is 0 Å². The zero-order valence-corrected chi connectivity index (χ0v) is 13.9. The highest BCUT2D eigenvalue weighted by Gasteiger charge is 2.34. The number of hydrogen-bond acceptors (Lipinski definition) is 4. The Morgan fingerprint density at radius 2 is 1.96 bits per heavy atom. The normalized spacial score (nSPS) is 22.3. The molecule has 2 unspecified atom stereocenters. The van der Waals surface area contributed by atoms with E-state index < -0.39 is 4.92 Å². The van der Waals surface area contributed by atoms with Crippen molar-refractivity contribution < 1.29 is 14.5 Å². The van der Waals surface area contributed by atoms with Gasteiger partial charge in [0, 0.05) is 12.1 Å². The number of nitro benzene ring substituents is 1. The van der Waals surface area contributed by atoms with E-state index in [4.69, 9.17) is 4.74 Å². The van der Waals surface area contributed by atoms with E-state index in [9.17, 15) is 14.9 Å². The molecule has 1 aliphatic rings. The molecule has 0 spiro atoms. The molecule has 0 amide bonds. The fourth-order valence-electron chi connectivity index (χ4n) is 3.41. The van der Waals surface area contributed by atoms with Gasteiger partial charge in [0.1, 0.15) is 6.61 Å². The summed E-state index contributed by atoms with van der Waals surface area (Å²) in [5.41, 5.74) is 0.823. The topological polar surface area (TPSA) is 69.4 Å². The van der Waals surface area contributed by atoms with Crippen LogP contribution in [0.25, 0.3) is 0 Å². The van der Waals surface area contributed by atoms with Crippen molar-refractivity contribution in [2.45, 2.75) is 52.6 Å². The average molecular weight is 319 g/mol. The Balaban J connectivity index is 1.93. The van der Waals surface area contributed by atoms with Crippen LogP contribution in [0.2, 0.25) is 0 Å². The highest BCUT2D eigenvalue weighted by Crippen LogP contribution is 2.37. The minimum atomic E-state index is -0.436. The molecule has 1 fully saturated rings. The average Bonchev–Trinajstić information content (AvgIpc) is 2.59. The largest absolute Gasteiger partial charge is 0.461 e. The molecular formula is C18H25NO4. The van der Waals surface area contributed by atoms with E-state index in [0.717, 1.165) is 31.2 Å². The highest BCUT2D eigenvalue weighted by atomic mass is 16.6. The Bertz CT molecular complexity index is 540. The highest BCUT2D eigenvalue weighted by molar-refractivity contribution is 5.73. The lowest BCUT2D eigenvalue weighted by molar-refractivity contribution is -0.384. The number of nitrogens with zero attached hydrogens (tertiary/aromatic N) is 1. The molecule has 1 aliphatic carbocycles. The van der Waals surface area contributed by atoms with Gasteiger partial charge in [-0.2, -0.15) is 0 Å². The van der Waals surface area contributed by atoms with Crippen molar-refractivity contribution in [2.24, 2.45) is 17.8 Å². The Morgan fingerprint density at radius 1 is 1.30 bits per heavy atom. The smallest absolute Gasteiger partial charge is 0.309 e. The zero-order valence-electron chi connectivity index (χ0n) is 13.9. The summed E-state index contributed by atoms with van der Waals surface area (Å²) >= 11 is 0. The van der Waals surface area contributed by atoms with Crippen molar-refractivity contribution in [3.8, 4) is 0 Å². The Morgan fingerprint density at radius 3 is 2.57 bits per heavy atom. The fraction of sp³-hybridized carbons (Fsp3) is 0.611. The number of hydrogen-bond donors (Lipinski definition) is 0. The molecule has 3 atom stereocenters. The van der Waals surface area contributed by atoms with Gasteiger partial charge in [0.05, 0.1) is 10.8 Å². The lowest BCUT2D eigenvalue weighted by Crippen LogP contribution is -2.32. The molecule has 2 rings (SSSR count). The van der Waals surface area contributed by atoms with Crippen LogP contribution < -0.4 is 0 Å². The van der Waals surface area contributed by atoms with E-state index in [-0.39, 0.29) is 24.2 Å². The zero-order chi connectivity index (χ0) is 16.8. The van der Waals surface area contributed by atoms with Gasteiger partial charge in [-0.3, -0.25) is 14.9 Å². The first-order valence-electron chi connectivity index (χ1n) is 8.43. The van der Waals surface area contributed by atoms with E-state index in [1.165, 1.54) is 18.6 Å². The number of ether oxygens (including phenoxy) is 1. The van der Waals surface area contributed by atoms with Gasteiger partial charge in [-0.25, -0.2) is 0 Å². The second kappa shape index (κ2) is 8.09. The number of benzene rings is 1. The van der Waals surface area contributed by atoms with Crippen LogP contribution in [0, 0.1) is 27.9 Å². The maximum Gasteiger partial charge on any atom is 0.309 e. The van der Waals surface area contributed by atoms with Gasteiger partial charge < -0.3 is 4.74 Å². The van der Waals surface area contributed by atoms with Crippen LogP contribution in [0.1, 0.15) is 51.5 Å². The van der Waals surface area contributed by atoms with Gasteiger partial charge in [0.15, 0.2) is 0 Å². The summed E-state index contributed by atoms with van der Waals surface area (Å²) in [7, 11) is 0. The van der Waals surface area contributed by atoms with Crippen LogP contribution in [0.4, 0.5) is 5.69 Å². The van der Waals surface area contributed by atoms with E-state index in [1.54, 1.807) is 12.1 Å². The molecule has 5 heteroatoms. The predicted octanol–water partition coefficient (Wildman–Crippen LogP) is 4.49. The summed E-state index contributed by atoms with van der Waals surface area (Å²) < 4.78 is 5.48. The summed E-state index contributed by atoms with van der Waals surface area (Å²) in [5.74, 6) is 0.829. The number of non-ortho nitro benzene ring substituents is 1. The quantitative estimate of drug-likeness (QED) is 0.440. The van der Waals surface area contributed by atoms with E-state index >= 15 is 0 Å². The van der Waals surface area contributed by atoms with Crippen molar-refractivity contribution in [3.63, 3.8) is 0 Å². The molecule has 1 saturated carbocycles. The van der Waals surface area contributed by atoms with Crippen molar-refractivity contribution in [3.05, 3.63) is 39.9 Å². The van der Waals surface area contributed by atoms with Crippen LogP contribution in [0.5, 0.6) is 0 Å². The number of carbonyl (C=O) groups excluding carboxylic acids is 1. The number of rotatable bonds is 6. The predicted molar refractivity (Wildman–Crippen MR) is 87.8 cm³/mol.